The lowest BCUT2D eigenvalue weighted by atomic mass is 10.1. The van der Waals surface area contributed by atoms with Gasteiger partial charge in [0.1, 0.15) is 6.61 Å². The molecule has 0 aromatic carbocycles. The number of hydrogen-bond donors (Lipinski definition) is 1. The van der Waals surface area contributed by atoms with E-state index in [-0.39, 0.29) is 25.2 Å². The van der Waals surface area contributed by atoms with Gasteiger partial charge >= 0.3 is 11.9 Å². The van der Waals surface area contributed by atoms with E-state index in [2.05, 4.69) is 26.0 Å². The second-order valence-corrected chi connectivity index (χ2v) is 9.83. The Balaban J connectivity index is 3.61. The van der Waals surface area contributed by atoms with Gasteiger partial charge in [0.2, 0.25) is 0 Å². The van der Waals surface area contributed by atoms with Crippen molar-refractivity contribution in [2.45, 2.75) is 155 Å². The predicted octanol–water partition coefficient (Wildman–Crippen LogP) is 8.22. The largest absolute Gasteiger partial charge is 0.462 e. The second kappa shape index (κ2) is 27.2. The minimum absolute atomic E-state index is 0.0649. The fraction of sp³-hybridized carbons (Fsp3) is 0.867. The number of esters is 2. The summed E-state index contributed by atoms with van der Waals surface area (Å²) in [5.74, 6) is -0.604. The Hall–Kier alpha value is -1.36. The number of aliphatic hydroxyl groups excluding tert-OH is 1. The first-order valence-corrected chi connectivity index (χ1v) is 14.7. The van der Waals surface area contributed by atoms with Crippen LogP contribution < -0.4 is 0 Å². The van der Waals surface area contributed by atoms with E-state index in [4.69, 9.17) is 9.47 Å². The summed E-state index contributed by atoms with van der Waals surface area (Å²) in [7, 11) is 0. The fourth-order valence-corrected chi connectivity index (χ4v) is 4.00. The van der Waals surface area contributed by atoms with Gasteiger partial charge < -0.3 is 14.6 Å². The Morgan fingerprint density at radius 2 is 1.09 bits per heavy atom. The van der Waals surface area contributed by atoms with Crippen molar-refractivity contribution in [1.29, 1.82) is 0 Å². The summed E-state index contributed by atoms with van der Waals surface area (Å²) >= 11 is 0. The molecule has 0 aliphatic carbocycles. The summed E-state index contributed by atoms with van der Waals surface area (Å²) in [4.78, 5) is 23.9. The lowest BCUT2D eigenvalue weighted by molar-refractivity contribution is -0.161. The summed E-state index contributed by atoms with van der Waals surface area (Å²) in [6.45, 7) is 4.05. The summed E-state index contributed by atoms with van der Waals surface area (Å²) in [6.07, 6.45) is 26.9. The molecule has 1 N–H and O–H groups in total. The molecule has 5 nitrogen and oxygen atoms in total. The van der Waals surface area contributed by atoms with Crippen LogP contribution in [0.15, 0.2) is 12.2 Å². The van der Waals surface area contributed by atoms with Crippen molar-refractivity contribution >= 4 is 11.9 Å². The van der Waals surface area contributed by atoms with Gasteiger partial charge in [-0.3, -0.25) is 9.59 Å². The first-order chi connectivity index (χ1) is 17.1. The monoisotopic (exact) mass is 496 g/mol. The molecular formula is C30H56O5. The van der Waals surface area contributed by atoms with Crippen molar-refractivity contribution < 1.29 is 24.2 Å². The molecule has 0 bridgehead atoms. The van der Waals surface area contributed by atoms with Gasteiger partial charge in [0, 0.05) is 12.8 Å². The summed E-state index contributed by atoms with van der Waals surface area (Å²) in [5, 5.41) is 9.44. The number of carbonyl (C=O) groups is 2. The van der Waals surface area contributed by atoms with Gasteiger partial charge in [-0.2, -0.15) is 0 Å². The molecule has 0 saturated heterocycles. The molecule has 0 fully saturated rings. The SMILES string of the molecule is CCCC/C=C/CCCCCCCC(=O)O[C@@H](CO)COC(=O)CCCCCCCCCCCC. The second-order valence-electron chi connectivity index (χ2n) is 9.83. The Kier molecular flexibility index (Phi) is 26.2. The average Bonchev–Trinajstić information content (AvgIpc) is 2.86. The van der Waals surface area contributed by atoms with Crippen LogP contribution in [-0.2, 0) is 19.1 Å². The van der Waals surface area contributed by atoms with Crippen LogP contribution in [0.25, 0.3) is 0 Å². The van der Waals surface area contributed by atoms with Crippen molar-refractivity contribution in [3.8, 4) is 0 Å². The number of rotatable bonds is 26. The molecular weight excluding hydrogens is 440 g/mol. The molecule has 0 aromatic heterocycles. The van der Waals surface area contributed by atoms with Crippen LogP contribution in [0.4, 0.5) is 0 Å². The van der Waals surface area contributed by atoms with Crippen LogP contribution in [0.3, 0.4) is 0 Å². The number of allylic oxidation sites excluding steroid dienone is 2. The molecule has 0 aliphatic heterocycles. The van der Waals surface area contributed by atoms with Gasteiger partial charge in [-0.15, -0.1) is 0 Å². The van der Waals surface area contributed by atoms with Gasteiger partial charge in [0.15, 0.2) is 6.10 Å². The molecule has 0 radical (unpaired) electrons. The van der Waals surface area contributed by atoms with E-state index in [1.165, 1.54) is 77.0 Å². The highest BCUT2D eigenvalue weighted by Crippen LogP contribution is 2.12. The maximum Gasteiger partial charge on any atom is 0.306 e. The van der Waals surface area contributed by atoms with E-state index in [1.807, 2.05) is 0 Å². The van der Waals surface area contributed by atoms with E-state index >= 15 is 0 Å². The van der Waals surface area contributed by atoms with Crippen molar-refractivity contribution in [3.05, 3.63) is 12.2 Å². The standard InChI is InChI=1S/C30H56O5/c1-3-5-7-9-11-13-15-17-19-21-23-25-30(33)35-28(26-31)27-34-29(32)24-22-20-18-16-14-12-10-8-6-4-2/h9,11,28,31H,3-8,10,12-27H2,1-2H3/b11-9+/t28-/m0/s1. The molecule has 0 aliphatic rings. The van der Waals surface area contributed by atoms with E-state index < -0.39 is 6.10 Å². The Morgan fingerprint density at radius 1 is 0.629 bits per heavy atom. The predicted molar refractivity (Wildman–Crippen MR) is 145 cm³/mol. The van der Waals surface area contributed by atoms with Gasteiger partial charge in [0.25, 0.3) is 0 Å². The number of aliphatic hydroxyl groups is 1. The zero-order valence-corrected chi connectivity index (χ0v) is 23.1. The molecule has 0 aromatic rings. The van der Waals surface area contributed by atoms with E-state index in [9.17, 15) is 14.7 Å². The van der Waals surface area contributed by atoms with Crippen LogP contribution in [-0.4, -0.2) is 36.4 Å². The van der Waals surface area contributed by atoms with Crippen molar-refractivity contribution in [1.82, 2.24) is 0 Å². The molecule has 206 valence electrons. The molecule has 0 rings (SSSR count). The third kappa shape index (κ3) is 25.5. The quantitative estimate of drug-likeness (QED) is 0.0741. The lowest BCUT2D eigenvalue weighted by Gasteiger charge is -2.15. The van der Waals surface area contributed by atoms with E-state index in [1.54, 1.807) is 0 Å². The highest BCUT2D eigenvalue weighted by molar-refractivity contribution is 5.70. The highest BCUT2D eigenvalue weighted by atomic mass is 16.6. The summed E-state index contributed by atoms with van der Waals surface area (Å²) in [5.41, 5.74) is 0. The maximum atomic E-state index is 12.0. The molecule has 0 spiro atoms. The van der Waals surface area contributed by atoms with E-state index in [0.29, 0.717) is 12.8 Å². The zero-order chi connectivity index (χ0) is 25.8. The molecule has 5 heteroatoms. The summed E-state index contributed by atoms with van der Waals surface area (Å²) < 4.78 is 10.5. The molecule has 0 saturated carbocycles. The fourth-order valence-electron chi connectivity index (χ4n) is 4.00. The number of unbranched alkanes of at least 4 members (excludes halogenated alkanes) is 16. The smallest absolute Gasteiger partial charge is 0.306 e. The Labute approximate surface area is 216 Å². The Bertz CT molecular complexity index is 503. The summed E-state index contributed by atoms with van der Waals surface area (Å²) in [6, 6.07) is 0. The maximum absolute atomic E-state index is 12.0. The third-order valence-corrected chi connectivity index (χ3v) is 6.31. The molecule has 1 atom stereocenters. The van der Waals surface area contributed by atoms with Gasteiger partial charge in [-0.25, -0.2) is 0 Å². The lowest BCUT2D eigenvalue weighted by Crippen LogP contribution is -2.28. The van der Waals surface area contributed by atoms with Crippen LogP contribution in [0.1, 0.15) is 149 Å². The molecule has 0 amide bonds. The molecule has 0 unspecified atom stereocenters. The van der Waals surface area contributed by atoms with Crippen LogP contribution in [0, 0.1) is 0 Å². The minimum Gasteiger partial charge on any atom is -0.462 e. The van der Waals surface area contributed by atoms with Crippen LogP contribution >= 0.6 is 0 Å². The normalized spacial score (nSPS) is 12.2. The average molecular weight is 497 g/mol. The van der Waals surface area contributed by atoms with Gasteiger partial charge in [-0.1, -0.05) is 116 Å². The number of hydrogen-bond acceptors (Lipinski definition) is 5. The molecule has 35 heavy (non-hydrogen) atoms. The molecule has 0 heterocycles. The van der Waals surface area contributed by atoms with Crippen LogP contribution in [0.2, 0.25) is 0 Å². The zero-order valence-electron chi connectivity index (χ0n) is 23.1. The third-order valence-electron chi connectivity index (χ3n) is 6.31. The van der Waals surface area contributed by atoms with Crippen molar-refractivity contribution in [2.24, 2.45) is 0 Å². The van der Waals surface area contributed by atoms with E-state index in [0.717, 1.165) is 44.9 Å². The number of ether oxygens (including phenoxy) is 2. The first-order valence-electron chi connectivity index (χ1n) is 14.7. The van der Waals surface area contributed by atoms with Crippen LogP contribution in [0.5, 0.6) is 0 Å². The topological polar surface area (TPSA) is 72.8 Å². The van der Waals surface area contributed by atoms with Crippen molar-refractivity contribution in [3.63, 3.8) is 0 Å². The van der Waals surface area contributed by atoms with Gasteiger partial charge in [-0.05, 0) is 32.1 Å². The number of carbonyl (C=O) groups excluding carboxylic acids is 2. The van der Waals surface area contributed by atoms with Gasteiger partial charge in [0.05, 0.1) is 6.61 Å². The highest BCUT2D eigenvalue weighted by Gasteiger charge is 2.16. The Morgan fingerprint density at radius 3 is 1.63 bits per heavy atom. The first kappa shape index (κ1) is 33.6. The minimum atomic E-state index is -0.765. The van der Waals surface area contributed by atoms with Crippen molar-refractivity contribution in [2.75, 3.05) is 13.2 Å².